The summed E-state index contributed by atoms with van der Waals surface area (Å²) in [6.07, 6.45) is 0. The molecule has 0 radical (unpaired) electrons. The van der Waals surface area contributed by atoms with Crippen molar-refractivity contribution in [1.29, 1.82) is 0 Å². The highest BCUT2D eigenvalue weighted by atomic mass is 16.5. The molecule has 180 valence electrons. The molecular weight excluding hydrogens is 471 g/mol. The van der Waals surface area contributed by atoms with Crippen molar-refractivity contribution >= 4 is 82.3 Å². The van der Waals surface area contributed by atoms with E-state index in [2.05, 4.69) is 128 Å². The predicted molar refractivity (Wildman–Crippen MR) is 169 cm³/mol. The van der Waals surface area contributed by atoms with Gasteiger partial charge in [0.15, 0.2) is 0 Å². The molecule has 8 aromatic carbocycles. The minimum Gasteiger partial charge on any atom is -0.458 e. The summed E-state index contributed by atoms with van der Waals surface area (Å²) in [6, 6.07) is 44.4. The van der Waals surface area contributed by atoms with Crippen LogP contribution in [-0.2, 0) is 0 Å². The van der Waals surface area contributed by atoms with Gasteiger partial charge in [-0.15, -0.1) is 0 Å². The van der Waals surface area contributed by atoms with E-state index in [1.807, 2.05) is 0 Å². The molecule has 0 fully saturated rings. The van der Waals surface area contributed by atoms with Gasteiger partial charge in [-0.1, -0.05) is 116 Å². The fourth-order valence-corrected chi connectivity index (χ4v) is 7.04. The summed E-state index contributed by atoms with van der Waals surface area (Å²) in [4.78, 5) is 0. The van der Waals surface area contributed by atoms with Gasteiger partial charge in [-0.05, 0) is 87.7 Å². The van der Waals surface area contributed by atoms with Crippen LogP contribution in [-0.4, -0.2) is 6.71 Å². The lowest BCUT2D eigenvalue weighted by molar-refractivity contribution is 0.489. The van der Waals surface area contributed by atoms with Crippen molar-refractivity contribution in [1.82, 2.24) is 0 Å². The summed E-state index contributed by atoms with van der Waals surface area (Å²) >= 11 is 0. The van der Waals surface area contributed by atoms with E-state index in [9.17, 15) is 0 Å². The SMILES string of the molecule is CB1c2cc3c4ccccc4c4ccccc4c3cc2Oc2cc3c4ccccc4c4ccccc4c3cc21. The Hall–Kier alpha value is -4.82. The summed E-state index contributed by atoms with van der Waals surface area (Å²) in [6.45, 7) is 2.54. The van der Waals surface area contributed by atoms with Crippen molar-refractivity contribution in [2.75, 3.05) is 0 Å². The maximum absolute atomic E-state index is 6.79. The summed E-state index contributed by atoms with van der Waals surface area (Å²) in [7, 11) is 0. The largest absolute Gasteiger partial charge is 0.458 e. The monoisotopic (exact) mass is 494 g/mol. The first-order valence-corrected chi connectivity index (χ1v) is 13.7. The van der Waals surface area contributed by atoms with Crippen molar-refractivity contribution < 1.29 is 4.74 Å². The number of hydrogen-bond donors (Lipinski definition) is 0. The third kappa shape index (κ3) is 2.81. The molecule has 0 saturated heterocycles. The van der Waals surface area contributed by atoms with Gasteiger partial charge in [-0.25, -0.2) is 0 Å². The van der Waals surface area contributed by atoms with E-state index in [0.717, 1.165) is 11.5 Å². The van der Waals surface area contributed by atoms with Gasteiger partial charge < -0.3 is 4.74 Å². The van der Waals surface area contributed by atoms with Crippen LogP contribution in [0.1, 0.15) is 0 Å². The highest BCUT2D eigenvalue weighted by molar-refractivity contribution is 6.86. The standard InChI is InChI=1S/C37H23BO/c1-38-34-18-30-26-14-6-2-10-22(26)24-12-4-8-16-28(24)32(30)20-36(34)39-37-21-33-29-17-9-5-13-25(29)23-11-3-7-15-27(23)31(33)19-35(37)38/h2-21H,1H3. The Balaban J connectivity index is 1.36. The molecule has 1 nitrogen and oxygen atoms in total. The van der Waals surface area contributed by atoms with Crippen LogP contribution >= 0.6 is 0 Å². The Kier molecular flexibility index (Phi) is 4.13. The molecule has 0 aromatic heterocycles. The van der Waals surface area contributed by atoms with E-state index in [0.29, 0.717) is 0 Å². The lowest BCUT2D eigenvalue weighted by atomic mass is 9.41. The Bertz CT molecular complexity index is 2170. The molecule has 0 amide bonds. The molecule has 1 aliphatic rings. The number of hydrogen-bond acceptors (Lipinski definition) is 1. The van der Waals surface area contributed by atoms with E-state index < -0.39 is 0 Å². The number of fused-ring (bicyclic) bond motifs is 14. The van der Waals surface area contributed by atoms with Gasteiger partial charge in [0.05, 0.1) is 0 Å². The zero-order chi connectivity index (χ0) is 25.7. The number of benzene rings is 8. The van der Waals surface area contributed by atoms with Gasteiger partial charge in [-0.3, -0.25) is 0 Å². The van der Waals surface area contributed by atoms with Gasteiger partial charge in [-0.2, -0.15) is 0 Å². The lowest BCUT2D eigenvalue weighted by Gasteiger charge is -2.26. The minimum atomic E-state index is 0.216. The van der Waals surface area contributed by atoms with E-state index in [1.54, 1.807) is 0 Å². The van der Waals surface area contributed by atoms with Crippen LogP contribution in [0, 0.1) is 0 Å². The van der Waals surface area contributed by atoms with Crippen LogP contribution in [0.5, 0.6) is 11.5 Å². The van der Waals surface area contributed by atoms with E-state index >= 15 is 0 Å². The first kappa shape index (κ1) is 21.2. The second-order valence-electron chi connectivity index (χ2n) is 10.9. The van der Waals surface area contributed by atoms with Crippen LogP contribution in [0.4, 0.5) is 0 Å². The Morgan fingerprint density at radius 1 is 0.359 bits per heavy atom. The van der Waals surface area contributed by atoms with Gasteiger partial charge in [0, 0.05) is 0 Å². The Morgan fingerprint density at radius 2 is 0.615 bits per heavy atom. The Labute approximate surface area is 226 Å². The normalized spacial score (nSPS) is 12.9. The molecule has 0 saturated carbocycles. The molecule has 1 aliphatic heterocycles. The summed E-state index contributed by atoms with van der Waals surface area (Å²) in [5.41, 5.74) is 2.50. The lowest BCUT2D eigenvalue weighted by Crippen LogP contribution is -2.43. The molecule has 1 heterocycles. The van der Waals surface area contributed by atoms with Gasteiger partial charge in [0.2, 0.25) is 6.71 Å². The highest BCUT2D eigenvalue weighted by Gasteiger charge is 2.29. The maximum Gasteiger partial charge on any atom is 0.216 e. The third-order valence-corrected chi connectivity index (χ3v) is 8.90. The molecule has 0 aliphatic carbocycles. The molecule has 0 atom stereocenters. The fourth-order valence-electron chi connectivity index (χ4n) is 7.04. The van der Waals surface area contributed by atoms with Crippen LogP contribution in [0.25, 0.3) is 64.6 Å². The first-order chi connectivity index (χ1) is 19.3. The number of rotatable bonds is 0. The molecular formula is C37H23BO. The van der Waals surface area contributed by atoms with Crippen molar-refractivity contribution in [2.45, 2.75) is 6.82 Å². The van der Waals surface area contributed by atoms with Gasteiger partial charge >= 0.3 is 0 Å². The zero-order valence-corrected chi connectivity index (χ0v) is 21.5. The van der Waals surface area contributed by atoms with Crippen LogP contribution in [0.15, 0.2) is 121 Å². The molecule has 8 aromatic rings. The molecule has 0 N–H and O–H groups in total. The molecule has 0 unspecified atom stereocenters. The van der Waals surface area contributed by atoms with Crippen LogP contribution < -0.4 is 15.7 Å². The van der Waals surface area contributed by atoms with E-state index in [1.165, 1.54) is 75.6 Å². The quantitative estimate of drug-likeness (QED) is 0.151. The third-order valence-electron chi connectivity index (χ3n) is 8.90. The second-order valence-corrected chi connectivity index (χ2v) is 10.9. The van der Waals surface area contributed by atoms with Crippen LogP contribution in [0.2, 0.25) is 6.82 Å². The molecule has 2 heteroatoms. The van der Waals surface area contributed by atoms with Gasteiger partial charge in [0.1, 0.15) is 11.5 Å². The molecule has 0 spiro atoms. The van der Waals surface area contributed by atoms with Crippen molar-refractivity contribution in [3.63, 3.8) is 0 Å². The summed E-state index contributed by atoms with van der Waals surface area (Å²) < 4.78 is 6.79. The van der Waals surface area contributed by atoms with Crippen molar-refractivity contribution in [3.05, 3.63) is 121 Å². The van der Waals surface area contributed by atoms with Crippen molar-refractivity contribution in [2.24, 2.45) is 0 Å². The van der Waals surface area contributed by atoms with Gasteiger partial charge in [0.25, 0.3) is 0 Å². The smallest absolute Gasteiger partial charge is 0.216 e. The van der Waals surface area contributed by atoms with Crippen molar-refractivity contribution in [3.8, 4) is 11.5 Å². The van der Waals surface area contributed by atoms with Crippen LogP contribution in [0.3, 0.4) is 0 Å². The average molecular weight is 494 g/mol. The predicted octanol–water partition coefficient (Wildman–Crippen LogP) is 8.95. The fraction of sp³-hybridized carbons (Fsp3) is 0.0270. The topological polar surface area (TPSA) is 9.23 Å². The number of ether oxygens (including phenoxy) is 1. The zero-order valence-electron chi connectivity index (χ0n) is 21.5. The maximum atomic E-state index is 6.79. The summed E-state index contributed by atoms with van der Waals surface area (Å²) in [5.74, 6) is 1.93. The highest BCUT2D eigenvalue weighted by Crippen LogP contribution is 2.40. The average Bonchev–Trinajstić information content (AvgIpc) is 3.00. The van der Waals surface area contributed by atoms with E-state index in [-0.39, 0.29) is 6.71 Å². The van der Waals surface area contributed by atoms with E-state index in [4.69, 9.17) is 4.74 Å². The first-order valence-electron chi connectivity index (χ1n) is 13.7. The second kappa shape index (κ2) is 7.62. The summed E-state index contributed by atoms with van der Waals surface area (Å²) in [5, 5.41) is 15.4. The Morgan fingerprint density at radius 3 is 0.923 bits per heavy atom. The molecule has 9 rings (SSSR count). The molecule has 39 heavy (non-hydrogen) atoms. The minimum absolute atomic E-state index is 0.216. The molecule has 0 bridgehead atoms.